The molecule has 1 rings (SSSR count). The standard InChI is InChI=1S/C14H20O4/c1-2-3-4-5-6-9-18-14(17)11-7-8-12(15)13(16)10-11/h7-8,10,15-16H,2-6,9H2,1H3. The lowest BCUT2D eigenvalue weighted by molar-refractivity contribution is 0.0497. The minimum atomic E-state index is -0.471. The zero-order chi connectivity index (χ0) is 13.4. The van der Waals surface area contributed by atoms with Gasteiger partial charge >= 0.3 is 5.97 Å². The van der Waals surface area contributed by atoms with E-state index in [4.69, 9.17) is 9.84 Å². The van der Waals surface area contributed by atoms with Gasteiger partial charge < -0.3 is 14.9 Å². The summed E-state index contributed by atoms with van der Waals surface area (Å²) >= 11 is 0. The molecule has 100 valence electrons. The van der Waals surface area contributed by atoms with Gasteiger partial charge in [0, 0.05) is 0 Å². The number of benzene rings is 1. The van der Waals surface area contributed by atoms with Gasteiger partial charge in [0.1, 0.15) is 0 Å². The molecule has 0 aliphatic rings. The number of phenols is 2. The predicted octanol–water partition coefficient (Wildman–Crippen LogP) is 3.23. The summed E-state index contributed by atoms with van der Waals surface area (Å²) in [5, 5.41) is 18.4. The first kappa shape index (κ1) is 14.4. The zero-order valence-corrected chi connectivity index (χ0v) is 10.7. The normalized spacial score (nSPS) is 10.3. The molecule has 0 spiro atoms. The fourth-order valence-electron chi connectivity index (χ4n) is 1.60. The van der Waals surface area contributed by atoms with E-state index >= 15 is 0 Å². The van der Waals surface area contributed by atoms with Gasteiger partial charge in [-0.05, 0) is 24.6 Å². The Labute approximate surface area is 107 Å². The fraction of sp³-hybridized carbons (Fsp3) is 0.500. The summed E-state index contributed by atoms with van der Waals surface area (Å²) in [5.74, 6) is -1.03. The Balaban J connectivity index is 2.30. The van der Waals surface area contributed by atoms with Crippen LogP contribution in [0.4, 0.5) is 0 Å². The van der Waals surface area contributed by atoms with E-state index in [2.05, 4.69) is 6.92 Å². The lowest BCUT2D eigenvalue weighted by Crippen LogP contribution is -2.06. The van der Waals surface area contributed by atoms with Crippen LogP contribution in [0.15, 0.2) is 18.2 Å². The Kier molecular flexibility index (Phi) is 6.05. The van der Waals surface area contributed by atoms with Crippen molar-refractivity contribution in [3.63, 3.8) is 0 Å². The Morgan fingerprint density at radius 3 is 2.50 bits per heavy atom. The summed E-state index contributed by atoms with van der Waals surface area (Å²) in [7, 11) is 0. The van der Waals surface area contributed by atoms with Crippen molar-refractivity contribution in [3.05, 3.63) is 23.8 Å². The van der Waals surface area contributed by atoms with Crippen molar-refractivity contribution < 1.29 is 19.7 Å². The van der Waals surface area contributed by atoms with E-state index in [0.717, 1.165) is 19.3 Å². The maximum absolute atomic E-state index is 11.6. The van der Waals surface area contributed by atoms with Crippen LogP contribution in [0.1, 0.15) is 49.4 Å². The molecular weight excluding hydrogens is 232 g/mol. The third-order valence-corrected chi connectivity index (χ3v) is 2.69. The first-order valence-corrected chi connectivity index (χ1v) is 6.34. The van der Waals surface area contributed by atoms with Crippen LogP contribution in [0.2, 0.25) is 0 Å². The van der Waals surface area contributed by atoms with Crippen LogP contribution < -0.4 is 0 Å². The van der Waals surface area contributed by atoms with E-state index in [1.165, 1.54) is 31.0 Å². The first-order chi connectivity index (χ1) is 8.65. The van der Waals surface area contributed by atoms with Crippen molar-refractivity contribution in [1.29, 1.82) is 0 Å². The number of phenolic OH excluding ortho intramolecular Hbond substituents is 2. The van der Waals surface area contributed by atoms with E-state index in [9.17, 15) is 9.90 Å². The van der Waals surface area contributed by atoms with Crippen LogP contribution >= 0.6 is 0 Å². The van der Waals surface area contributed by atoms with Gasteiger partial charge in [0.05, 0.1) is 12.2 Å². The van der Waals surface area contributed by atoms with Crippen LogP contribution in [0, 0.1) is 0 Å². The van der Waals surface area contributed by atoms with Gasteiger partial charge in [0.2, 0.25) is 0 Å². The number of hydrogen-bond donors (Lipinski definition) is 2. The number of carbonyl (C=O) groups excluding carboxylic acids is 1. The number of unbranched alkanes of at least 4 members (excludes halogenated alkanes) is 4. The summed E-state index contributed by atoms with van der Waals surface area (Å²) in [6.07, 6.45) is 5.47. The van der Waals surface area contributed by atoms with E-state index in [-0.39, 0.29) is 17.1 Å². The molecule has 4 nitrogen and oxygen atoms in total. The molecule has 0 aromatic heterocycles. The maximum Gasteiger partial charge on any atom is 0.338 e. The highest BCUT2D eigenvalue weighted by molar-refractivity contribution is 5.90. The van der Waals surface area contributed by atoms with Crippen molar-refractivity contribution in [3.8, 4) is 11.5 Å². The lowest BCUT2D eigenvalue weighted by atomic mass is 10.2. The van der Waals surface area contributed by atoms with Gasteiger partial charge in [-0.2, -0.15) is 0 Å². The van der Waals surface area contributed by atoms with Crippen molar-refractivity contribution in [2.45, 2.75) is 39.0 Å². The second kappa shape index (κ2) is 7.58. The predicted molar refractivity (Wildman–Crippen MR) is 68.8 cm³/mol. The summed E-state index contributed by atoms with van der Waals surface area (Å²) in [6.45, 7) is 2.54. The molecule has 0 aliphatic heterocycles. The van der Waals surface area contributed by atoms with Crippen LogP contribution in [0.3, 0.4) is 0 Å². The molecule has 0 radical (unpaired) electrons. The Hall–Kier alpha value is -1.71. The number of carbonyl (C=O) groups is 1. The molecule has 4 heteroatoms. The molecule has 18 heavy (non-hydrogen) atoms. The molecule has 0 fully saturated rings. The topological polar surface area (TPSA) is 66.8 Å². The Morgan fingerprint density at radius 1 is 1.11 bits per heavy atom. The molecule has 0 bridgehead atoms. The Morgan fingerprint density at radius 2 is 1.83 bits per heavy atom. The molecule has 2 N–H and O–H groups in total. The molecule has 0 amide bonds. The summed E-state index contributed by atoms with van der Waals surface area (Å²) in [5.41, 5.74) is 0.249. The molecule has 0 saturated carbocycles. The smallest absolute Gasteiger partial charge is 0.338 e. The molecule has 0 aliphatic carbocycles. The maximum atomic E-state index is 11.6. The minimum Gasteiger partial charge on any atom is -0.504 e. The molecule has 0 unspecified atom stereocenters. The number of esters is 1. The summed E-state index contributed by atoms with van der Waals surface area (Å²) in [4.78, 5) is 11.6. The quantitative estimate of drug-likeness (QED) is 0.444. The van der Waals surface area contributed by atoms with Crippen molar-refractivity contribution in [2.24, 2.45) is 0 Å². The summed E-state index contributed by atoms with van der Waals surface area (Å²) in [6, 6.07) is 3.90. The molecular formula is C14H20O4. The van der Waals surface area contributed by atoms with Gasteiger partial charge in [0.25, 0.3) is 0 Å². The molecule has 1 aromatic rings. The van der Waals surface area contributed by atoms with Crippen molar-refractivity contribution in [1.82, 2.24) is 0 Å². The minimum absolute atomic E-state index is 0.244. The number of ether oxygens (including phenoxy) is 1. The van der Waals surface area contributed by atoms with Gasteiger partial charge in [-0.15, -0.1) is 0 Å². The Bertz CT molecular complexity index is 387. The van der Waals surface area contributed by atoms with E-state index < -0.39 is 5.97 Å². The van der Waals surface area contributed by atoms with E-state index in [1.807, 2.05) is 0 Å². The number of aromatic hydroxyl groups is 2. The monoisotopic (exact) mass is 252 g/mol. The second-order valence-electron chi connectivity index (χ2n) is 4.25. The van der Waals surface area contributed by atoms with E-state index in [0.29, 0.717) is 6.61 Å². The van der Waals surface area contributed by atoms with Gasteiger partial charge in [-0.1, -0.05) is 32.6 Å². The molecule has 1 aromatic carbocycles. The van der Waals surface area contributed by atoms with Crippen molar-refractivity contribution >= 4 is 5.97 Å². The van der Waals surface area contributed by atoms with Crippen LogP contribution in [-0.2, 0) is 4.74 Å². The lowest BCUT2D eigenvalue weighted by Gasteiger charge is -2.05. The number of hydrogen-bond acceptors (Lipinski definition) is 4. The summed E-state index contributed by atoms with van der Waals surface area (Å²) < 4.78 is 5.07. The SMILES string of the molecule is CCCCCCCOC(=O)c1ccc(O)c(O)c1. The zero-order valence-electron chi connectivity index (χ0n) is 10.7. The van der Waals surface area contributed by atoms with E-state index in [1.54, 1.807) is 0 Å². The van der Waals surface area contributed by atoms with Gasteiger partial charge in [-0.3, -0.25) is 0 Å². The van der Waals surface area contributed by atoms with Crippen LogP contribution in [0.5, 0.6) is 11.5 Å². The van der Waals surface area contributed by atoms with Gasteiger partial charge in [0.15, 0.2) is 11.5 Å². The second-order valence-corrected chi connectivity index (χ2v) is 4.25. The highest BCUT2D eigenvalue weighted by Crippen LogP contribution is 2.25. The highest BCUT2D eigenvalue weighted by Gasteiger charge is 2.09. The molecule has 0 saturated heterocycles. The first-order valence-electron chi connectivity index (χ1n) is 6.34. The fourth-order valence-corrected chi connectivity index (χ4v) is 1.60. The average Bonchev–Trinajstić information content (AvgIpc) is 2.36. The third kappa shape index (κ3) is 4.65. The average molecular weight is 252 g/mol. The highest BCUT2D eigenvalue weighted by atomic mass is 16.5. The molecule has 0 atom stereocenters. The van der Waals surface area contributed by atoms with Crippen LogP contribution in [-0.4, -0.2) is 22.8 Å². The molecule has 0 heterocycles. The van der Waals surface area contributed by atoms with Crippen molar-refractivity contribution in [2.75, 3.05) is 6.61 Å². The largest absolute Gasteiger partial charge is 0.504 e. The third-order valence-electron chi connectivity index (χ3n) is 2.69. The number of rotatable bonds is 7. The van der Waals surface area contributed by atoms with Crippen LogP contribution in [0.25, 0.3) is 0 Å². The van der Waals surface area contributed by atoms with Gasteiger partial charge in [-0.25, -0.2) is 4.79 Å².